The summed E-state index contributed by atoms with van der Waals surface area (Å²) in [4.78, 5) is 0. The molecule has 1 saturated carbocycles. The van der Waals surface area contributed by atoms with Crippen LogP contribution in [0.15, 0.2) is 0 Å². The van der Waals surface area contributed by atoms with Crippen molar-refractivity contribution in [2.45, 2.75) is 63.8 Å². The van der Waals surface area contributed by atoms with E-state index in [4.69, 9.17) is 0 Å². The lowest BCUT2D eigenvalue weighted by molar-refractivity contribution is 0.264. The van der Waals surface area contributed by atoms with Crippen molar-refractivity contribution in [3.63, 3.8) is 0 Å². The zero-order chi connectivity index (χ0) is 8.93. The molecule has 2 aliphatic rings. The highest BCUT2D eigenvalue weighted by Crippen LogP contribution is 2.29. The minimum Gasteiger partial charge on any atom is -0.314 e. The van der Waals surface area contributed by atoms with Gasteiger partial charge in [0.25, 0.3) is 0 Å². The average Bonchev–Trinajstić information content (AvgIpc) is 2.47. The maximum Gasteiger partial charge on any atom is 0.00953 e. The monoisotopic (exact) mass is 181 g/mol. The second-order valence-electron chi connectivity index (χ2n) is 4.81. The van der Waals surface area contributed by atoms with Gasteiger partial charge >= 0.3 is 0 Å². The second-order valence-corrected chi connectivity index (χ2v) is 4.81. The van der Waals surface area contributed by atoms with E-state index in [1.807, 2.05) is 0 Å². The summed E-state index contributed by atoms with van der Waals surface area (Å²) in [5.41, 5.74) is 0. The van der Waals surface area contributed by atoms with E-state index in [2.05, 4.69) is 5.32 Å². The van der Waals surface area contributed by atoms with Gasteiger partial charge < -0.3 is 5.32 Å². The molecule has 76 valence electrons. The fraction of sp³-hybridized carbons (Fsp3) is 1.00. The fourth-order valence-corrected chi connectivity index (χ4v) is 2.99. The molecule has 0 aromatic carbocycles. The third kappa shape index (κ3) is 2.70. The Labute approximate surface area is 82.3 Å². The van der Waals surface area contributed by atoms with Gasteiger partial charge in [-0.2, -0.15) is 0 Å². The first-order valence-electron chi connectivity index (χ1n) is 6.20. The summed E-state index contributed by atoms with van der Waals surface area (Å²) in [6.45, 7) is 1.28. The van der Waals surface area contributed by atoms with Crippen LogP contribution in [-0.2, 0) is 0 Å². The third-order valence-corrected chi connectivity index (χ3v) is 3.82. The van der Waals surface area contributed by atoms with Gasteiger partial charge in [-0.05, 0) is 38.1 Å². The van der Waals surface area contributed by atoms with Crippen LogP contribution in [-0.4, -0.2) is 12.6 Å². The van der Waals surface area contributed by atoms with E-state index in [0.29, 0.717) is 0 Å². The summed E-state index contributed by atoms with van der Waals surface area (Å²) < 4.78 is 0. The van der Waals surface area contributed by atoms with Crippen molar-refractivity contribution < 1.29 is 0 Å². The zero-order valence-corrected chi connectivity index (χ0v) is 8.73. The zero-order valence-electron chi connectivity index (χ0n) is 8.73. The minimum atomic E-state index is 0.878. The van der Waals surface area contributed by atoms with Gasteiger partial charge in [-0.1, -0.05) is 32.1 Å². The van der Waals surface area contributed by atoms with Crippen molar-refractivity contribution in [2.75, 3.05) is 6.54 Å². The summed E-state index contributed by atoms with van der Waals surface area (Å²) in [6, 6.07) is 0.878. The Morgan fingerprint density at radius 1 is 0.692 bits per heavy atom. The van der Waals surface area contributed by atoms with Crippen LogP contribution in [0.2, 0.25) is 0 Å². The van der Waals surface area contributed by atoms with Gasteiger partial charge in [-0.3, -0.25) is 0 Å². The molecule has 0 aromatic rings. The van der Waals surface area contributed by atoms with Crippen molar-refractivity contribution in [3.05, 3.63) is 0 Å². The van der Waals surface area contributed by atoms with Crippen molar-refractivity contribution >= 4 is 0 Å². The maximum atomic E-state index is 3.75. The van der Waals surface area contributed by atoms with Crippen molar-refractivity contribution in [3.8, 4) is 0 Å². The Morgan fingerprint density at radius 2 is 1.38 bits per heavy atom. The van der Waals surface area contributed by atoms with E-state index in [9.17, 15) is 0 Å². The molecule has 13 heavy (non-hydrogen) atoms. The van der Waals surface area contributed by atoms with Crippen LogP contribution in [0.3, 0.4) is 0 Å². The number of hydrogen-bond acceptors (Lipinski definition) is 1. The lowest BCUT2D eigenvalue weighted by Gasteiger charge is -2.30. The molecule has 1 atom stereocenters. The highest BCUT2D eigenvalue weighted by molar-refractivity contribution is 4.80. The van der Waals surface area contributed by atoms with Crippen LogP contribution in [0.4, 0.5) is 0 Å². The molecular formula is C12H23N. The molecule has 1 heterocycles. The van der Waals surface area contributed by atoms with Gasteiger partial charge in [0, 0.05) is 6.04 Å². The fourth-order valence-electron chi connectivity index (χ4n) is 2.99. The molecule has 1 aliphatic heterocycles. The largest absolute Gasteiger partial charge is 0.314 e. The normalized spacial score (nSPS) is 32.8. The second kappa shape index (κ2) is 4.99. The average molecular weight is 181 g/mol. The Balaban J connectivity index is 1.82. The molecular weight excluding hydrogens is 158 g/mol. The molecule has 0 aromatic heterocycles. The number of hydrogen-bond donors (Lipinski definition) is 1. The minimum absolute atomic E-state index is 0.878. The van der Waals surface area contributed by atoms with E-state index >= 15 is 0 Å². The predicted octanol–water partition coefficient (Wildman–Crippen LogP) is 3.10. The SMILES string of the molecule is C1CCC([C@H]2CCCCCN2)CC1. The molecule has 0 radical (unpaired) electrons. The van der Waals surface area contributed by atoms with Gasteiger partial charge in [-0.15, -0.1) is 0 Å². The summed E-state index contributed by atoms with van der Waals surface area (Å²) in [5, 5.41) is 3.75. The molecule has 1 heteroatoms. The van der Waals surface area contributed by atoms with Crippen molar-refractivity contribution in [1.82, 2.24) is 5.32 Å². The third-order valence-electron chi connectivity index (χ3n) is 3.82. The van der Waals surface area contributed by atoms with Crippen LogP contribution in [0.1, 0.15) is 57.8 Å². The van der Waals surface area contributed by atoms with Crippen molar-refractivity contribution in [2.24, 2.45) is 5.92 Å². The molecule has 0 amide bonds. The maximum absolute atomic E-state index is 3.75. The van der Waals surface area contributed by atoms with Gasteiger partial charge in [0.1, 0.15) is 0 Å². The first-order valence-corrected chi connectivity index (χ1v) is 6.20. The van der Waals surface area contributed by atoms with E-state index in [-0.39, 0.29) is 0 Å². The first kappa shape index (κ1) is 9.51. The topological polar surface area (TPSA) is 12.0 Å². The highest BCUT2D eigenvalue weighted by atomic mass is 14.9. The molecule has 2 rings (SSSR count). The first-order chi connectivity index (χ1) is 6.47. The van der Waals surface area contributed by atoms with Gasteiger partial charge in [-0.25, -0.2) is 0 Å². The molecule has 1 N–H and O–H groups in total. The van der Waals surface area contributed by atoms with E-state index in [0.717, 1.165) is 12.0 Å². The predicted molar refractivity (Wildman–Crippen MR) is 56.8 cm³/mol. The van der Waals surface area contributed by atoms with E-state index in [1.165, 1.54) is 64.3 Å². The van der Waals surface area contributed by atoms with Crippen LogP contribution in [0.5, 0.6) is 0 Å². The van der Waals surface area contributed by atoms with E-state index in [1.54, 1.807) is 0 Å². The lowest BCUT2D eigenvalue weighted by atomic mass is 9.82. The van der Waals surface area contributed by atoms with E-state index < -0.39 is 0 Å². The summed E-state index contributed by atoms with van der Waals surface area (Å²) >= 11 is 0. The highest BCUT2D eigenvalue weighted by Gasteiger charge is 2.23. The van der Waals surface area contributed by atoms with Crippen LogP contribution < -0.4 is 5.32 Å². The van der Waals surface area contributed by atoms with Crippen LogP contribution in [0, 0.1) is 5.92 Å². The Bertz CT molecular complexity index is 130. The quantitative estimate of drug-likeness (QED) is 0.655. The molecule has 2 fully saturated rings. The van der Waals surface area contributed by atoms with Crippen molar-refractivity contribution in [1.29, 1.82) is 0 Å². The molecule has 0 unspecified atom stereocenters. The summed E-state index contributed by atoms with van der Waals surface area (Å²) in [7, 11) is 0. The molecule has 0 spiro atoms. The molecule has 0 bridgehead atoms. The van der Waals surface area contributed by atoms with Gasteiger partial charge in [0.15, 0.2) is 0 Å². The Hall–Kier alpha value is -0.0400. The smallest absolute Gasteiger partial charge is 0.00953 e. The van der Waals surface area contributed by atoms with Gasteiger partial charge in [0.05, 0.1) is 0 Å². The summed E-state index contributed by atoms with van der Waals surface area (Å²) in [5.74, 6) is 1.02. The number of rotatable bonds is 1. The van der Waals surface area contributed by atoms with Gasteiger partial charge in [0.2, 0.25) is 0 Å². The van der Waals surface area contributed by atoms with Crippen LogP contribution >= 0.6 is 0 Å². The Kier molecular flexibility index (Phi) is 3.65. The Morgan fingerprint density at radius 3 is 2.23 bits per heavy atom. The number of nitrogens with one attached hydrogen (secondary N) is 1. The molecule has 1 aliphatic carbocycles. The lowest BCUT2D eigenvalue weighted by Crippen LogP contribution is -2.36. The summed E-state index contributed by atoms with van der Waals surface area (Å²) in [6.07, 6.45) is 13.2. The molecule has 1 nitrogen and oxygen atoms in total. The molecule has 1 saturated heterocycles. The standard InChI is InChI=1S/C12H23N/c1-3-7-11(8-4-1)12-9-5-2-6-10-13-12/h11-13H,1-10H2/t12-/m1/s1. The van der Waals surface area contributed by atoms with Crippen LogP contribution in [0.25, 0.3) is 0 Å².